The fraction of sp³-hybridized carbons (Fsp3) is 0.889. The highest BCUT2D eigenvalue weighted by molar-refractivity contribution is 7.86. The van der Waals surface area contributed by atoms with E-state index in [1.54, 1.807) is 20.8 Å². The molecule has 5 saturated carbocycles. The van der Waals surface area contributed by atoms with E-state index in [1.807, 2.05) is 0 Å². The van der Waals surface area contributed by atoms with Crippen molar-refractivity contribution in [1.29, 1.82) is 0 Å². The van der Waals surface area contributed by atoms with Crippen LogP contribution >= 0.6 is 0 Å². The van der Waals surface area contributed by atoms with Gasteiger partial charge in [-0.05, 0) is 105 Å². The van der Waals surface area contributed by atoms with Gasteiger partial charge in [0.1, 0.15) is 17.8 Å². The molecule has 8 rings (SSSR count). The first kappa shape index (κ1) is 21.9. The van der Waals surface area contributed by atoms with Crippen LogP contribution in [0.25, 0.3) is 0 Å². The normalized spacial score (nSPS) is 57.6. The number of allylic oxidation sites excluding steroid dienone is 2. The summed E-state index contributed by atoms with van der Waals surface area (Å²) >= 11 is 0. The van der Waals surface area contributed by atoms with E-state index in [1.165, 1.54) is 12.8 Å². The zero-order valence-corrected chi connectivity index (χ0v) is 21.6. The number of carbonyl (C=O) groups excluding carboxylic acids is 1. The third-order valence-electron chi connectivity index (χ3n) is 11.4. The lowest BCUT2D eigenvalue weighted by Gasteiger charge is -2.49. The molecule has 0 spiro atoms. The first-order chi connectivity index (χ1) is 16.5. The van der Waals surface area contributed by atoms with Gasteiger partial charge in [0.15, 0.2) is 0 Å². The molecule has 2 heterocycles. The Bertz CT molecular complexity index is 1110. The number of hydrogen-bond acceptors (Lipinski definition) is 7. The minimum Gasteiger partial charge on any atom is -0.429 e. The van der Waals surface area contributed by atoms with Gasteiger partial charge in [0.25, 0.3) is 10.1 Å². The van der Waals surface area contributed by atoms with Gasteiger partial charge >= 0.3 is 6.16 Å². The zero-order valence-electron chi connectivity index (χ0n) is 20.8. The van der Waals surface area contributed by atoms with Crippen molar-refractivity contribution in [3.8, 4) is 0 Å². The third kappa shape index (κ3) is 2.80. The van der Waals surface area contributed by atoms with Crippen LogP contribution in [-0.4, -0.2) is 50.8 Å². The molecule has 0 N–H and O–H groups in total. The van der Waals surface area contributed by atoms with Crippen LogP contribution in [0.15, 0.2) is 12.2 Å². The Morgan fingerprint density at radius 3 is 1.86 bits per heavy atom. The largest absolute Gasteiger partial charge is 0.509 e. The summed E-state index contributed by atoms with van der Waals surface area (Å²) in [6.07, 6.45) is 8.04. The third-order valence-corrected chi connectivity index (χ3v) is 12.0. The van der Waals surface area contributed by atoms with Crippen LogP contribution in [0.3, 0.4) is 0 Å². The molecule has 0 radical (unpaired) electrons. The topological polar surface area (TPSA) is 88.1 Å². The molecule has 2 saturated heterocycles. The van der Waals surface area contributed by atoms with Crippen molar-refractivity contribution in [3.63, 3.8) is 0 Å². The van der Waals surface area contributed by atoms with Crippen LogP contribution in [-0.2, 0) is 28.5 Å². The molecule has 192 valence electrons. The summed E-state index contributed by atoms with van der Waals surface area (Å²) in [6, 6.07) is 0. The number of fused-ring (bicyclic) bond motifs is 23. The molecule has 0 aromatic heterocycles. The summed E-state index contributed by atoms with van der Waals surface area (Å²) < 4.78 is 48.3. The van der Waals surface area contributed by atoms with E-state index in [9.17, 15) is 13.2 Å². The Labute approximate surface area is 207 Å². The van der Waals surface area contributed by atoms with Gasteiger partial charge in [0.05, 0.1) is 18.5 Å². The van der Waals surface area contributed by atoms with Gasteiger partial charge in [-0.2, -0.15) is 8.42 Å². The highest BCUT2D eigenvalue weighted by Gasteiger charge is 2.79. The van der Waals surface area contributed by atoms with Gasteiger partial charge in [-0.1, -0.05) is 12.2 Å². The van der Waals surface area contributed by atoms with E-state index in [4.69, 9.17) is 18.4 Å². The molecule has 16 atom stereocenters. The second-order valence-corrected chi connectivity index (χ2v) is 15.5. The van der Waals surface area contributed by atoms with E-state index >= 15 is 0 Å². The summed E-state index contributed by atoms with van der Waals surface area (Å²) in [4.78, 5) is 12.7. The van der Waals surface area contributed by atoms with E-state index < -0.39 is 34.1 Å². The standard InChI is InChI=1S/C27H36O7S/c1-27(2,3)33-26(28)32-22-14-9-15(23(22)34-35(4,29)30)21-20(14)24-18-12-8-13(19(18)25(21)31-24)17-11-6-5-10(7-11)16(12)17/h5-6,10-25H,7-9H2,1-4H3. The smallest absolute Gasteiger partial charge is 0.429 e. The maximum atomic E-state index is 12.7. The Balaban J connectivity index is 1.11. The molecule has 0 aromatic carbocycles. The van der Waals surface area contributed by atoms with Crippen LogP contribution in [0.4, 0.5) is 4.79 Å². The van der Waals surface area contributed by atoms with Gasteiger partial charge in [-0.25, -0.2) is 4.79 Å². The second kappa shape index (κ2) is 6.65. The van der Waals surface area contributed by atoms with Crippen molar-refractivity contribution in [2.45, 2.75) is 70.1 Å². The van der Waals surface area contributed by atoms with Crippen LogP contribution in [0.5, 0.6) is 0 Å². The van der Waals surface area contributed by atoms with Crippen LogP contribution in [0.1, 0.15) is 40.0 Å². The first-order valence-corrected chi connectivity index (χ1v) is 15.4. The van der Waals surface area contributed by atoms with E-state index in [-0.39, 0.29) is 24.0 Å². The molecule has 16 unspecified atom stereocenters. The molecular weight excluding hydrogens is 468 g/mol. The summed E-state index contributed by atoms with van der Waals surface area (Å²) in [5.41, 5.74) is -0.679. The molecule has 0 amide bonds. The summed E-state index contributed by atoms with van der Waals surface area (Å²) in [7, 11) is -3.70. The summed E-state index contributed by atoms with van der Waals surface area (Å²) in [6.45, 7) is 5.40. The van der Waals surface area contributed by atoms with E-state index in [0.29, 0.717) is 23.7 Å². The predicted octanol–water partition coefficient (Wildman–Crippen LogP) is 3.64. The molecule has 35 heavy (non-hydrogen) atoms. The second-order valence-electron chi connectivity index (χ2n) is 13.9. The van der Waals surface area contributed by atoms with Crippen LogP contribution < -0.4 is 0 Å². The first-order valence-electron chi connectivity index (χ1n) is 13.6. The minimum absolute atomic E-state index is 0.0398. The average molecular weight is 505 g/mol. The molecule has 8 heteroatoms. The van der Waals surface area contributed by atoms with Crippen molar-refractivity contribution in [2.75, 3.05) is 6.26 Å². The van der Waals surface area contributed by atoms with Gasteiger partial charge in [0, 0.05) is 5.92 Å². The van der Waals surface area contributed by atoms with E-state index in [2.05, 4.69) is 12.2 Å². The highest BCUT2D eigenvalue weighted by atomic mass is 32.2. The SMILES string of the molecule is CC(C)(C)OC(=O)OC1C2CC(C1OS(C)(=O)=O)C1C3OC(C21)C1C2CC(C4C5C=CC(C5)C24)C31. The molecule has 7 nitrogen and oxygen atoms in total. The van der Waals surface area contributed by atoms with Crippen molar-refractivity contribution in [3.05, 3.63) is 12.2 Å². The molecule has 8 aliphatic rings. The quantitative estimate of drug-likeness (QED) is 0.251. The van der Waals surface area contributed by atoms with Gasteiger partial charge in [-0.3, -0.25) is 4.18 Å². The monoisotopic (exact) mass is 504 g/mol. The fourth-order valence-electron chi connectivity index (χ4n) is 11.3. The lowest BCUT2D eigenvalue weighted by molar-refractivity contribution is -0.0985. The summed E-state index contributed by atoms with van der Waals surface area (Å²) in [5, 5.41) is 0. The Morgan fingerprint density at radius 1 is 0.800 bits per heavy atom. The summed E-state index contributed by atoms with van der Waals surface area (Å²) in [5.74, 6) is 6.71. The molecule has 7 fully saturated rings. The molecule has 0 aromatic rings. The Hall–Kier alpha value is -1.12. The van der Waals surface area contributed by atoms with Gasteiger partial charge in [0.2, 0.25) is 0 Å². The van der Waals surface area contributed by atoms with Gasteiger partial charge in [-0.15, -0.1) is 0 Å². The minimum atomic E-state index is -3.70. The lowest BCUT2D eigenvalue weighted by atomic mass is 9.55. The fourth-order valence-corrected chi connectivity index (χ4v) is 12.0. The zero-order chi connectivity index (χ0) is 24.2. The van der Waals surface area contributed by atoms with Gasteiger partial charge < -0.3 is 14.2 Å². The van der Waals surface area contributed by atoms with Crippen molar-refractivity contribution in [2.24, 2.45) is 71.0 Å². The number of hydrogen-bond donors (Lipinski definition) is 0. The molecule has 8 bridgehead atoms. The van der Waals surface area contributed by atoms with Crippen molar-refractivity contribution < 1.29 is 31.6 Å². The van der Waals surface area contributed by atoms with Crippen LogP contribution in [0.2, 0.25) is 0 Å². The predicted molar refractivity (Wildman–Crippen MR) is 124 cm³/mol. The van der Waals surface area contributed by atoms with Crippen LogP contribution in [0, 0.1) is 71.0 Å². The molecule has 2 aliphatic heterocycles. The van der Waals surface area contributed by atoms with Crippen molar-refractivity contribution >= 4 is 16.3 Å². The number of ether oxygens (including phenoxy) is 3. The lowest BCUT2D eigenvalue weighted by Crippen LogP contribution is -2.55. The highest BCUT2D eigenvalue weighted by Crippen LogP contribution is 2.77. The number of rotatable bonds is 3. The Morgan fingerprint density at radius 2 is 1.31 bits per heavy atom. The maximum Gasteiger partial charge on any atom is 0.509 e. The molecular formula is C27H36O7S. The van der Waals surface area contributed by atoms with E-state index in [0.717, 1.165) is 48.2 Å². The Kier molecular flexibility index (Phi) is 4.17. The molecule has 6 aliphatic carbocycles. The maximum absolute atomic E-state index is 12.7. The van der Waals surface area contributed by atoms with Crippen molar-refractivity contribution in [1.82, 2.24) is 0 Å². The number of carbonyl (C=O) groups is 1. The average Bonchev–Trinajstić information content (AvgIpc) is 3.55.